The Morgan fingerprint density at radius 3 is 2.61 bits per heavy atom. The third-order valence-electron chi connectivity index (χ3n) is 5.19. The fraction of sp³-hybridized carbons (Fsp3) is 0.333. The molecule has 4 heterocycles. The monoisotopic (exact) mass is 541 g/mol. The van der Waals surface area contributed by atoms with Crippen molar-refractivity contribution >= 4 is 40.7 Å². The molecule has 4 rings (SSSR count). The van der Waals surface area contributed by atoms with Gasteiger partial charge in [-0.3, -0.25) is 0 Å². The van der Waals surface area contributed by atoms with Crippen LogP contribution in [0.25, 0.3) is 11.5 Å². The van der Waals surface area contributed by atoms with Gasteiger partial charge < -0.3 is 25.4 Å². The molecule has 1 unspecified atom stereocenters. The molecular weight excluding hydrogens is 514 g/mol. The van der Waals surface area contributed by atoms with Gasteiger partial charge in [0.1, 0.15) is 5.60 Å². The first-order valence-corrected chi connectivity index (χ1v) is 12.0. The zero-order valence-corrected chi connectivity index (χ0v) is 22.3. The number of amides is 3. The van der Waals surface area contributed by atoms with Crippen molar-refractivity contribution in [1.82, 2.24) is 34.7 Å². The van der Waals surface area contributed by atoms with E-state index in [0.29, 0.717) is 28.5 Å². The summed E-state index contributed by atoms with van der Waals surface area (Å²) in [5.41, 5.74) is 2.18. The summed E-state index contributed by atoms with van der Waals surface area (Å²) >= 11 is 6.03. The van der Waals surface area contributed by atoms with Gasteiger partial charge >= 0.3 is 12.1 Å². The van der Waals surface area contributed by atoms with Crippen molar-refractivity contribution in [3.8, 4) is 5.82 Å². The van der Waals surface area contributed by atoms with Crippen LogP contribution in [-0.4, -0.2) is 54.2 Å². The van der Waals surface area contributed by atoms with Crippen molar-refractivity contribution in [2.45, 2.75) is 45.9 Å². The van der Waals surface area contributed by atoms with Gasteiger partial charge in [-0.25, -0.2) is 28.8 Å². The number of hydrogen-bond donors (Lipinski definition) is 3. The number of aromatic nitrogens is 6. The van der Waals surface area contributed by atoms with Crippen LogP contribution in [0.5, 0.6) is 0 Å². The molecule has 1 atom stereocenters. The van der Waals surface area contributed by atoms with Crippen LogP contribution in [0.15, 0.2) is 43.0 Å². The Morgan fingerprint density at radius 2 is 1.92 bits per heavy atom. The van der Waals surface area contributed by atoms with E-state index in [2.05, 4.69) is 36.1 Å². The molecular formula is C24H28ClN9O4. The maximum atomic E-state index is 12.7. The first kappa shape index (κ1) is 26.8. The molecule has 3 N–H and O–H groups in total. The number of hydrogen-bond acceptors (Lipinski definition) is 8. The molecule has 4 aromatic heterocycles. The van der Waals surface area contributed by atoms with Gasteiger partial charge in [0.05, 0.1) is 41.8 Å². The number of halogens is 1. The Hall–Kier alpha value is -4.23. The van der Waals surface area contributed by atoms with Crippen LogP contribution in [-0.2, 0) is 16.0 Å². The summed E-state index contributed by atoms with van der Waals surface area (Å²) in [4.78, 5) is 33.2. The van der Waals surface area contributed by atoms with E-state index in [1.54, 1.807) is 63.2 Å². The second kappa shape index (κ2) is 11.0. The van der Waals surface area contributed by atoms with Crippen LogP contribution in [0.2, 0.25) is 5.15 Å². The van der Waals surface area contributed by atoms with Gasteiger partial charge in [0.2, 0.25) is 0 Å². The number of nitrogens with zero attached hydrogens (tertiary/aromatic N) is 6. The molecule has 0 aliphatic heterocycles. The van der Waals surface area contributed by atoms with Crippen molar-refractivity contribution < 1.29 is 19.1 Å². The van der Waals surface area contributed by atoms with E-state index in [1.807, 2.05) is 6.92 Å². The summed E-state index contributed by atoms with van der Waals surface area (Å²) in [6, 6.07) is 4.50. The lowest BCUT2D eigenvalue weighted by molar-refractivity contribution is 0.0523. The number of carbonyl (C=O) groups is 2. The average Bonchev–Trinajstić information content (AvgIpc) is 3.47. The third kappa shape index (κ3) is 6.55. The molecule has 0 saturated carbocycles. The first-order chi connectivity index (χ1) is 18.0. The molecule has 0 fully saturated rings. The molecule has 38 heavy (non-hydrogen) atoms. The molecule has 14 heteroatoms. The average molecular weight is 542 g/mol. The van der Waals surface area contributed by atoms with Gasteiger partial charge in [-0.15, -0.1) is 0 Å². The van der Waals surface area contributed by atoms with Crippen molar-refractivity contribution in [1.29, 1.82) is 0 Å². The second-order valence-electron chi connectivity index (χ2n) is 9.30. The van der Waals surface area contributed by atoms with E-state index in [9.17, 15) is 9.59 Å². The summed E-state index contributed by atoms with van der Waals surface area (Å²) < 4.78 is 13.8. The zero-order chi connectivity index (χ0) is 27.4. The highest BCUT2D eigenvalue weighted by Gasteiger charge is 2.19. The number of urea groups is 1. The molecule has 13 nitrogen and oxygen atoms in total. The Balaban J connectivity index is 1.39. The number of ether oxygens (including phenoxy) is 2. The topological polar surface area (TPSA) is 150 Å². The lowest BCUT2D eigenvalue weighted by Gasteiger charge is -2.19. The van der Waals surface area contributed by atoms with Crippen LogP contribution in [0.4, 0.5) is 21.0 Å². The molecule has 3 amide bonds. The van der Waals surface area contributed by atoms with Crippen LogP contribution in [0.3, 0.4) is 0 Å². The minimum Gasteiger partial charge on any atom is -0.444 e. The summed E-state index contributed by atoms with van der Waals surface area (Å²) in [7, 11) is 1.55. The lowest BCUT2D eigenvalue weighted by atomic mass is 10.2. The minimum absolute atomic E-state index is 0.254. The molecule has 0 spiro atoms. The van der Waals surface area contributed by atoms with E-state index >= 15 is 0 Å². The Morgan fingerprint density at radius 1 is 1.13 bits per heavy atom. The number of rotatable bonds is 7. The van der Waals surface area contributed by atoms with E-state index in [0.717, 1.165) is 5.56 Å². The number of carbonyl (C=O) groups excluding carboxylic acids is 2. The van der Waals surface area contributed by atoms with Crippen LogP contribution < -0.4 is 16.0 Å². The van der Waals surface area contributed by atoms with Crippen molar-refractivity contribution in [3.05, 3.63) is 59.4 Å². The molecule has 0 saturated heterocycles. The van der Waals surface area contributed by atoms with Gasteiger partial charge in [-0.1, -0.05) is 11.6 Å². The molecule has 0 aliphatic rings. The molecule has 4 aromatic rings. The summed E-state index contributed by atoms with van der Waals surface area (Å²) in [5, 5.41) is 17.0. The van der Waals surface area contributed by atoms with Gasteiger partial charge in [0.25, 0.3) is 0 Å². The van der Waals surface area contributed by atoms with Crippen molar-refractivity contribution in [2.24, 2.45) is 0 Å². The number of pyridine rings is 1. The van der Waals surface area contributed by atoms with Crippen LogP contribution in [0, 0.1) is 0 Å². The van der Waals surface area contributed by atoms with E-state index < -0.39 is 23.8 Å². The van der Waals surface area contributed by atoms with Crippen molar-refractivity contribution in [2.75, 3.05) is 17.7 Å². The molecule has 0 aromatic carbocycles. The van der Waals surface area contributed by atoms with Gasteiger partial charge in [-0.2, -0.15) is 10.2 Å². The quantitative estimate of drug-likeness (QED) is 0.313. The molecule has 0 radical (unpaired) electrons. The first-order valence-electron chi connectivity index (χ1n) is 11.6. The summed E-state index contributed by atoms with van der Waals surface area (Å²) in [5.74, 6) is 0.529. The maximum Gasteiger partial charge on any atom is 0.407 e. The fourth-order valence-electron chi connectivity index (χ4n) is 3.47. The zero-order valence-electron chi connectivity index (χ0n) is 21.5. The summed E-state index contributed by atoms with van der Waals surface area (Å²) in [6.07, 6.45) is 5.47. The number of fused-ring (bicyclic) bond motifs is 1. The Bertz CT molecular complexity index is 1440. The second-order valence-corrected chi connectivity index (χ2v) is 9.69. The normalized spacial score (nSPS) is 12.3. The number of nitrogens with one attached hydrogen (secondary N) is 3. The van der Waals surface area contributed by atoms with Crippen molar-refractivity contribution in [3.63, 3.8) is 0 Å². The highest BCUT2D eigenvalue weighted by molar-refractivity contribution is 6.29. The molecule has 200 valence electrons. The Labute approximate surface area is 223 Å². The highest BCUT2D eigenvalue weighted by Crippen LogP contribution is 2.26. The lowest BCUT2D eigenvalue weighted by Crippen LogP contribution is -2.32. The number of alkyl carbamates (subject to hydrolysis) is 1. The van der Waals surface area contributed by atoms with Gasteiger partial charge in [0, 0.05) is 31.5 Å². The minimum atomic E-state index is -0.575. The van der Waals surface area contributed by atoms with E-state index in [-0.39, 0.29) is 11.7 Å². The molecule has 0 bridgehead atoms. The standard InChI is InChI=1S/C24H28ClN9O4/c1-14(37-5)21-17(12-27-20-8-18(25)32-34(20)21)31-22(35)30-16-6-7-19(26-11-16)33-13-15(10-29-33)9-28-23(36)38-24(2,3)4/h6-8,10-14H,9H2,1-5H3,(H,28,36)(H2,30,31,35). The SMILES string of the molecule is COC(C)c1c(NC(=O)Nc2ccc(-n3cc(CNC(=O)OC(C)(C)C)cn3)nc2)cnc2cc(Cl)nn12. The number of anilines is 2. The van der Waals surface area contributed by atoms with Gasteiger partial charge in [-0.05, 0) is 39.8 Å². The largest absolute Gasteiger partial charge is 0.444 e. The Kier molecular flexibility index (Phi) is 7.78. The predicted octanol–water partition coefficient (Wildman–Crippen LogP) is 4.34. The van der Waals surface area contributed by atoms with E-state index in [1.165, 1.54) is 16.9 Å². The smallest absolute Gasteiger partial charge is 0.407 e. The third-order valence-corrected chi connectivity index (χ3v) is 5.37. The maximum absolute atomic E-state index is 12.7. The molecule has 0 aliphatic carbocycles. The predicted molar refractivity (Wildman–Crippen MR) is 140 cm³/mol. The van der Waals surface area contributed by atoms with E-state index in [4.69, 9.17) is 21.1 Å². The van der Waals surface area contributed by atoms with Crippen LogP contribution in [0.1, 0.15) is 45.1 Å². The van der Waals surface area contributed by atoms with Crippen LogP contribution >= 0.6 is 11.6 Å². The fourth-order valence-corrected chi connectivity index (χ4v) is 3.64. The highest BCUT2D eigenvalue weighted by atomic mass is 35.5. The summed E-state index contributed by atoms with van der Waals surface area (Å²) in [6.45, 7) is 7.47. The number of methoxy groups -OCH3 is 1. The van der Waals surface area contributed by atoms with Gasteiger partial charge in [0.15, 0.2) is 16.6 Å².